The fraction of sp³-hybridized carbons (Fsp3) is 0.643. The quantitative estimate of drug-likeness (QED) is 0.804. The highest BCUT2D eigenvalue weighted by molar-refractivity contribution is 5.84. The number of amides is 1. The topological polar surface area (TPSA) is 95.7 Å². The summed E-state index contributed by atoms with van der Waals surface area (Å²) in [4.78, 5) is 28.9. The predicted molar refractivity (Wildman–Crippen MR) is 74.5 cm³/mol. The number of β-amino-alcohol motifs (C(OH)–C–C–N with tert-alkyl or cyclic N) is 1. The number of hydrogen-bond acceptors (Lipinski definition) is 4. The molecule has 1 aromatic rings. The van der Waals surface area contributed by atoms with Crippen LogP contribution in [0, 0.1) is 0 Å². The van der Waals surface area contributed by atoms with Crippen LogP contribution in [-0.4, -0.2) is 55.2 Å². The summed E-state index contributed by atoms with van der Waals surface area (Å²) in [5.41, 5.74) is 0. The van der Waals surface area contributed by atoms with E-state index in [0.29, 0.717) is 0 Å². The highest BCUT2D eigenvalue weighted by atomic mass is 16.4. The Morgan fingerprint density at radius 1 is 1.48 bits per heavy atom. The van der Waals surface area contributed by atoms with Crippen LogP contribution in [0.25, 0.3) is 0 Å². The fourth-order valence-electron chi connectivity index (χ4n) is 2.82. The summed E-state index contributed by atoms with van der Waals surface area (Å²) in [5.74, 6) is -1.29. The molecule has 3 unspecified atom stereocenters. The van der Waals surface area contributed by atoms with E-state index >= 15 is 0 Å². The zero-order valence-electron chi connectivity index (χ0n) is 12.1. The lowest BCUT2D eigenvalue weighted by Crippen LogP contribution is -2.41. The van der Waals surface area contributed by atoms with Crippen LogP contribution in [0.3, 0.4) is 0 Å². The van der Waals surface area contributed by atoms with Gasteiger partial charge in [0.1, 0.15) is 6.04 Å². The second-order valence-corrected chi connectivity index (χ2v) is 5.45. The van der Waals surface area contributed by atoms with E-state index in [1.807, 2.05) is 11.5 Å². The van der Waals surface area contributed by atoms with E-state index in [0.717, 1.165) is 12.8 Å². The smallest absolute Gasteiger partial charge is 0.326 e. The zero-order valence-corrected chi connectivity index (χ0v) is 12.1. The largest absolute Gasteiger partial charge is 0.480 e. The van der Waals surface area contributed by atoms with Crippen molar-refractivity contribution in [3.63, 3.8) is 0 Å². The number of likely N-dealkylation sites (tertiary alicyclic amines) is 1. The average molecular weight is 295 g/mol. The average Bonchev–Trinajstić information content (AvgIpc) is 3.06. The van der Waals surface area contributed by atoms with Gasteiger partial charge in [-0.15, -0.1) is 0 Å². The van der Waals surface area contributed by atoms with Gasteiger partial charge in [-0.25, -0.2) is 9.78 Å². The van der Waals surface area contributed by atoms with E-state index in [1.165, 1.54) is 4.90 Å². The van der Waals surface area contributed by atoms with E-state index in [-0.39, 0.29) is 31.3 Å². The summed E-state index contributed by atoms with van der Waals surface area (Å²) < 4.78 is 1.88. The summed E-state index contributed by atoms with van der Waals surface area (Å²) in [6.07, 6.45) is 6.44. The van der Waals surface area contributed by atoms with Gasteiger partial charge < -0.3 is 19.7 Å². The van der Waals surface area contributed by atoms with E-state index in [4.69, 9.17) is 5.11 Å². The predicted octanol–water partition coefficient (Wildman–Crippen LogP) is 0.661. The fourth-order valence-corrected chi connectivity index (χ4v) is 2.82. The Kier molecular flexibility index (Phi) is 4.95. The molecule has 0 saturated carbocycles. The molecule has 1 aliphatic rings. The van der Waals surface area contributed by atoms with Crippen molar-refractivity contribution >= 4 is 11.9 Å². The van der Waals surface area contributed by atoms with Gasteiger partial charge >= 0.3 is 5.97 Å². The monoisotopic (exact) mass is 295 g/mol. The molecule has 1 aromatic heterocycles. The Labute approximate surface area is 123 Å². The summed E-state index contributed by atoms with van der Waals surface area (Å²) in [5, 5.41) is 18.8. The maximum Gasteiger partial charge on any atom is 0.326 e. The molecular formula is C14H21N3O4. The molecule has 1 amide bonds. The lowest BCUT2D eigenvalue weighted by atomic mass is 10.1. The van der Waals surface area contributed by atoms with E-state index in [1.54, 1.807) is 18.7 Å². The van der Waals surface area contributed by atoms with Gasteiger partial charge in [0, 0.05) is 37.8 Å². The molecule has 1 saturated heterocycles. The van der Waals surface area contributed by atoms with Crippen molar-refractivity contribution in [1.82, 2.24) is 14.5 Å². The van der Waals surface area contributed by atoms with Crippen LogP contribution in [0.4, 0.5) is 0 Å². The van der Waals surface area contributed by atoms with E-state index in [9.17, 15) is 14.7 Å². The van der Waals surface area contributed by atoms with Gasteiger partial charge in [-0.05, 0) is 6.42 Å². The van der Waals surface area contributed by atoms with Crippen molar-refractivity contribution in [1.29, 1.82) is 0 Å². The molecule has 2 N–H and O–H groups in total. The molecule has 116 valence electrons. The van der Waals surface area contributed by atoms with Crippen molar-refractivity contribution in [2.45, 2.75) is 50.8 Å². The van der Waals surface area contributed by atoms with Crippen molar-refractivity contribution in [2.75, 3.05) is 6.54 Å². The third-order valence-electron chi connectivity index (χ3n) is 3.86. The number of carboxylic acids is 1. The molecule has 2 heterocycles. The molecule has 7 heteroatoms. The number of carbonyl (C=O) groups excluding carboxylic acids is 1. The van der Waals surface area contributed by atoms with E-state index in [2.05, 4.69) is 4.98 Å². The lowest BCUT2D eigenvalue weighted by Gasteiger charge is -2.24. The Morgan fingerprint density at radius 2 is 2.24 bits per heavy atom. The van der Waals surface area contributed by atoms with Crippen LogP contribution in [0.5, 0.6) is 0 Å². The molecule has 0 bridgehead atoms. The molecule has 0 radical (unpaired) electrons. The molecule has 2 rings (SSSR count). The van der Waals surface area contributed by atoms with Crippen LogP contribution in [-0.2, 0) is 9.59 Å². The number of aromatic nitrogens is 2. The molecule has 7 nitrogen and oxygen atoms in total. The van der Waals surface area contributed by atoms with Gasteiger partial charge in [0.05, 0.1) is 12.4 Å². The minimum atomic E-state index is -1.06. The number of nitrogens with zero attached hydrogens (tertiary/aromatic N) is 3. The van der Waals surface area contributed by atoms with Gasteiger partial charge in [-0.2, -0.15) is 0 Å². The lowest BCUT2D eigenvalue weighted by molar-refractivity contribution is -0.148. The van der Waals surface area contributed by atoms with Gasteiger partial charge in [0.2, 0.25) is 5.91 Å². The van der Waals surface area contributed by atoms with Crippen LogP contribution < -0.4 is 0 Å². The van der Waals surface area contributed by atoms with Crippen molar-refractivity contribution in [3.05, 3.63) is 18.7 Å². The Balaban J connectivity index is 2.06. The molecule has 1 fully saturated rings. The highest BCUT2D eigenvalue weighted by Crippen LogP contribution is 2.24. The second-order valence-electron chi connectivity index (χ2n) is 5.45. The SMILES string of the molecule is CCCC(CC(=O)N1CC(O)CC1C(=O)O)n1ccnc1. The molecule has 3 atom stereocenters. The maximum absolute atomic E-state index is 12.4. The van der Waals surface area contributed by atoms with Crippen LogP contribution in [0.1, 0.15) is 38.6 Å². The number of aliphatic hydroxyl groups is 1. The van der Waals surface area contributed by atoms with Crippen LogP contribution >= 0.6 is 0 Å². The van der Waals surface area contributed by atoms with E-state index < -0.39 is 18.1 Å². The number of aliphatic hydroxyl groups excluding tert-OH is 1. The number of hydrogen-bond donors (Lipinski definition) is 2. The highest BCUT2D eigenvalue weighted by Gasteiger charge is 2.39. The Hall–Kier alpha value is -1.89. The van der Waals surface area contributed by atoms with Gasteiger partial charge in [0.25, 0.3) is 0 Å². The minimum absolute atomic E-state index is 0.0304. The number of rotatable bonds is 6. The van der Waals surface area contributed by atoms with Crippen molar-refractivity contribution in [3.8, 4) is 0 Å². The molecule has 0 aromatic carbocycles. The first-order valence-electron chi connectivity index (χ1n) is 7.20. The molecule has 1 aliphatic heterocycles. The second kappa shape index (κ2) is 6.71. The molecule has 21 heavy (non-hydrogen) atoms. The zero-order chi connectivity index (χ0) is 15.4. The molecular weight excluding hydrogens is 274 g/mol. The third kappa shape index (κ3) is 3.60. The Morgan fingerprint density at radius 3 is 2.81 bits per heavy atom. The van der Waals surface area contributed by atoms with Gasteiger partial charge in [0.15, 0.2) is 0 Å². The Bertz CT molecular complexity index is 488. The molecule has 0 aliphatic carbocycles. The van der Waals surface area contributed by atoms with Gasteiger partial charge in [-0.3, -0.25) is 4.79 Å². The van der Waals surface area contributed by atoms with Crippen molar-refractivity contribution < 1.29 is 19.8 Å². The molecule has 0 spiro atoms. The summed E-state index contributed by atoms with van der Waals surface area (Å²) in [7, 11) is 0. The summed E-state index contributed by atoms with van der Waals surface area (Å²) in [6, 6.07) is -0.949. The first-order chi connectivity index (χ1) is 10.0. The first-order valence-corrected chi connectivity index (χ1v) is 7.20. The minimum Gasteiger partial charge on any atom is -0.480 e. The standard InChI is InChI=1S/C14H21N3O4/c1-2-3-10(16-5-4-15-9-16)6-13(19)17-8-11(18)7-12(17)14(20)21/h4-5,9-12,18H,2-3,6-8H2,1H3,(H,20,21). The number of aliphatic carboxylic acids is 1. The summed E-state index contributed by atoms with van der Waals surface area (Å²) >= 11 is 0. The number of carbonyl (C=O) groups is 2. The van der Waals surface area contributed by atoms with Gasteiger partial charge in [-0.1, -0.05) is 13.3 Å². The maximum atomic E-state index is 12.4. The normalized spacial score (nSPS) is 23.2. The van der Waals surface area contributed by atoms with Crippen molar-refractivity contribution in [2.24, 2.45) is 0 Å². The van der Waals surface area contributed by atoms with Crippen LogP contribution in [0.15, 0.2) is 18.7 Å². The number of carboxylic acid groups (broad SMARTS) is 1. The third-order valence-corrected chi connectivity index (χ3v) is 3.86. The van der Waals surface area contributed by atoms with Crippen LogP contribution in [0.2, 0.25) is 0 Å². The number of imidazole rings is 1. The summed E-state index contributed by atoms with van der Waals surface area (Å²) in [6.45, 7) is 2.13. The first kappa shape index (κ1) is 15.5.